The number of alkyl halides is 3. The number of nitrogens with two attached hydrogens (primary N) is 1. The lowest BCUT2D eigenvalue weighted by Gasteiger charge is -2.33. The molecule has 6 nitrogen and oxygen atoms in total. The van der Waals surface area contributed by atoms with Crippen molar-refractivity contribution in [1.29, 1.82) is 0 Å². The van der Waals surface area contributed by atoms with E-state index in [2.05, 4.69) is 14.5 Å². The summed E-state index contributed by atoms with van der Waals surface area (Å²) in [7, 11) is 0. The van der Waals surface area contributed by atoms with Gasteiger partial charge in [-0.1, -0.05) is 43.8 Å². The third kappa shape index (κ3) is 11.4. The van der Waals surface area contributed by atoms with Gasteiger partial charge in [0, 0.05) is 31.0 Å². The van der Waals surface area contributed by atoms with Crippen molar-refractivity contribution in [2.75, 3.05) is 43.8 Å². The lowest BCUT2D eigenvalue weighted by Crippen LogP contribution is -2.36. The first-order chi connectivity index (χ1) is 17.6. The van der Waals surface area contributed by atoms with Gasteiger partial charge in [0.05, 0.1) is 17.0 Å². The van der Waals surface area contributed by atoms with Crippen LogP contribution >= 0.6 is 23.5 Å². The molecule has 3 N–H and O–H groups in total. The van der Waals surface area contributed by atoms with Gasteiger partial charge in [0.25, 0.3) is 0 Å². The molecule has 1 aromatic carbocycles. The maximum absolute atomic E-state index is 12.1. The highest BCUT2D eigenvalue weighted by Crippen LogP contribution is 2.29. The monoisotopic (exact) mass is 564 g/mol. The van der Waals surface area contributed by atoms with Crippen molar-refractivity contribution >= 4 is 41.1 Å². The summed E-state index contributed by atoms with van der Waals surface area (Å²) in [5.41, 5.74) is 6.78. The van der Waals surface area contributed by atoms with E-state index in [1.165, 1.54) is 38.1 Å². The number of hydrogen-bond acceptors (Lipinski definition) is 5. The third-order valence-corrected chi connectivity index (χ3v) is 8.20. The first kappa shape index (κ1) is 31.7. The van der Waals surface area contributed by atoms with Crippen LogP contribution in [-0.4, -0.2) is 65.7 Å². The van der Waals surface area contributed by atoms with Crippen LogP contribution in [-0.2, 0) is 11.2 Å². The van der Waals surface area contributed by atoms with Crippen molar-refractivity contribution in [3.05, 3.63) is 28.3 Å². The van der Waals surface area contributed by atoms with Gasteiger partial charge in [0.1, 0.15) is 0 Å². The zero-order chi connectivity index (χ0) is 27.4. The van der Waals surface area contributed by atoms with E-state index in [4.69, 9.17) is 17.3 Å². The molecule has 2 saturated heterocycles. The summed E-state index contributed by atoms with van der Waals surface area (Å²) < 4.78 is 38.9. The Bertz CT molecular complexity index is 874. The molecule has 3 aliphatic heterocycles. The molecule has 2 fully saturated rings. The van der Waals surface area contributed by atoms with Crippen LogP contribution in [0.3, 0.4) is 0 Å². The van der Waals surface area contributed by atoms with Crippen LogP contribution in [0.5, 0.6) is 0 Å². The number of anilines is 1. The summed E-state index contributed by atoms with van der Waals surface area (Å²) in [5.74, 6) is 1.25. The van der Waals surface area contributed by atoms with E-state index in [0.29, 0.717) is 12.2 Å². The second-order valence-corrected chi connectivity index (χ2v) is 10.9. The fourth-order valence-electron chi connectivity index (χ4n) is 4.52. The SMILES string of the molecule is CC.FC(F)(F)CCCN1CCC(CSN2CCCCC2)CC1.NC(=O)c1cc2c(cc1Cl)NC(=O)C2. The predicted molar refractivity (Wildman–Crippen MR) is 146 cm³/mol. The van der Waals surface area contributed by atoms with Crippen LogP contribution < -0.4 is 11.1 Å². The van der Waals surface area contributed by atoms with E-state index in [1.54, 1.807) is 12.1 Å². The Labute approximate surface area is 228 Å². The maximum Gasteiger partial charge on any atom is 0.389 e. The second kappa shape index (κ2) is 15.8. The Balaban J connectivity index is 0.000000260. The van der Waals surface area contributed by atoms with E-state index in [9.17, 15) is 22.8 Å². The van der Waals surface area contributed by atoms with Crippen LogP contribution in [0.25, 0.3) is 0 Å². The number of nitrogens with one attached hydrogen (secondary N) is 1. The number of primary amides is 1. The zero-order valence-electron chi connectivity index (χ0n) is 21.8. The average molecular weight is 565 g/mol. The molecule has 0 unspecified atom stereocenters. The third-order valence-electron chi connectivity index (χ3n) is 6.53. The van der Waals surface area contributed by atoms with Gasteiger partial charge in [-0.3, -0.25) is 13.9 Å². The maximum atomic E-state index is 12.1. The van der Waals surface area contributed by atoms with Gasteiger partial charge in [-0.25, -0.2) is 0 Å². The molecule has 0 atom stereocenters. The molecule has 1 aromatic rings. The number of likely N-dealkylation sites (tertiary alicyclic amines) is 1. The van der Waals surface area contributed by atoms with Crippen molar-refractivity contribution in [3.63, 3.8) is 0 Å². The molecule has 11 heteroatoms. The first-order valence-corrected chi connectivity index (χ1v) is 14.5. The lowest BCUT2D eigenvalue weighted by molar-refractivity contribution is -0.136. The molecule has 3 heterocycles. The van der Waals surface area contributed by atoms with E-state index in [0.717, 1.165) is 37.4 Å². The number of piperidine rings is 2. The fraction of sp³-hybridized carbons (Fsp3) is 0.692. The van der Waals surface area contributed by atoms with E-state index in [1.807, 2.05) is 25.8 Å². The standard InChI is InChI=1S/C15H27F3N2S.C9H7ClN2O2.C2H6/c16-15(17,18)7-4-8-19-11-5-14(6-12-19)13-21-20-9-2-1-3-10-20;10-6-3-7-4(2-8(13)12-7)1-5(6)9(11)14;1-2/h14H,1-13H2;1,3H,2H2,(H2,11,14)(H,12,13);1-2H3. The number of rotatable bonds is 7. The van der Waals surface area contributed by atoms with Crippen LogP contribution in [0.1, 0.15) is 74.7 Å². The van der Waals surface area contributed by atoms with Crippen molar-refractivity contribution in [3.8, 4) is 0 Å². The van der Waals surface area contributed by atoms with Crippen molar-refractivity contribution in [1.82, 2.24) is 9.21 Å². The number of fused-ring (bicyclic) bond motifs is 1. The lowest BCUT2D eigenvalue weighted by atomic mass is 9.99. The van der Waals surface area contributed by atoms with Crippen LogP contribution in [0.4, 0.5) is 18.9 Å². The van der Waals surface area contributed by atoms with E-state index < -0.39 is 18.5 Å². The Morgan fingerprint density at radius 1 is 1.14 bits per heavy atom. The summed E-state index contributed by atoms with van der Waals surface area (Å²) in [6.07, 6.45) is 2.19. The number of amides is 2. The average Bonchev–Trinajstić information content (AvgIpc) is 3.23. The summed E-state index contributed by atoms with van der Waals surface area (Å²) in [6.45, 7) is 9.00. The number of nitrogens with zero attached hydrogens (tertiary/aromatic N) is 2. The van der Waals surface area contributed by atoms with Gasteiger partial charge < -0.3 is 16.0 Å². The number of carbonyl (C=O) groups excluding carboxylic acids is 2. The first-order valence-electron chi connectivity index (χ1n) is 13.2. The molecule has 37 heavy (non-hydrogen) atoms. The van der Waals surface area contributed by atoms with Gasteiger partial charge in [-0.2, -0.15) is 13.2 Å². The minimum atomic E-state index is -4.00. The van der Waals surface area contributed by atoms with Crippen molar-refractivity contribution in [2.24, 2.45) is 11.7 Å². The van der Waals surface area contributed by atoms with E-state index >= 15 is 0 Å². The number of hydrogen-bond donors (Lipinski definition) is 2. The van der Waals surface area contributed by atoms with Crippen molar-refractivity contribution < 1.29 is 22.8 Å². The Hall–Kier alpha value is -1.49. The molecule has 210 valence electrons. The summed E-state index contributed by atoms with van der Waals surface area (Å²) >= 11 is 7.79. The number of halogens is 4. The molecule has 0 radical (unpaired) electrons. The Kier molecular flexibility index (Phi) is 13.6. The van der Waals surface area contributed by atoms with Crippen LogP contribution in [0.2, 0.25) is 5.02 Å². The van der Waals surface area contributed by atoms with Gasteiger partial charge in [-0.15, -0.1) is 0 Å². The molecule has 0 aromatic heterocycles. The molecule has 3 aliphatic rings. The minimum absolute atomic E-state index is 0.0994. The topological polar surface area (TPSA) is 78.7 Å². The highest BCUT2D eigenvalue weighted by atomic mass is 35.5. The molecule has 0 aliphatic carbocycles. The number of benzene rings is 1. The smallest absolute Gasteiger partial charge is 0.366 e. The van der Waals surface area contributed by atoms with Crippen LogP contribution in [0, 0.1) is 5.92 Å². The molecule has 0 saturated carbocycles. The summed E-state index contributed by atoms with van der Waals surface area (Å²) in [5, 5.41) is 2.89. The Morgan fingerprint density at radius 3 is 2.38 bits per heavy atom. The number of carbonyl (C=O) groups is 2. The Morgan fingerprint density at radius 2 is 1.78 bits per heavy atom. The normalized spacial score (nSPS) is 18.7. The second-order valence-electron chi connectivity index (χ2n) is 9.37. The van der Waals surface area contributed by atoms with Gasteiger partial charge in [0.2, 0.25) is 11.8 Å². The fourth-order valence-corrected chi connectivity index (χ4v) is 6.05. The highest BCUT2D eigenvalue weighted by molar-refractivity contribution is 7.97. The minimum Gasteiger partial charge on any atom is -0.366 e. The molecular formula is C26H40ClF3N4O2S. The quantitative estimate of drug-likeness (QED) is 0.389. The summed E-state index contributed by atoms with van der Waals surface area (Å²) in [6, 6.07) is 3.10. The predicted octanol–water partition coefficient (Wildman–Crippen LogP) is 6.13. The summed E-state index contributed by atoms with van der Waals surface area (Å²) in [4.78, 5) is 24.2. The highest BCUT2D eigenvalue weighted by Gasteiger charge is 2.27. The molecule has 2 amide bonds. The van der Waals surface area contributed by atoms with Gasteiger partial charge >= 0.3 is 6.18 Å². The molecule has 0 spiro atoms. The van der Waals surface area contributed by atoms with E-state index in [-0.39, 0.29) is 29.3 Å². The van der Waals surface area contributed by atoms with Gasteiger partial charge in [-0.05, 0) is 75.4 Å². The zero-order valence-corrected chi connectivity index (χ0v) is 23.4. The molecule has 0 bridgehead atoms. The molecular weight excluding hydrogens is 525 g/mol. The molecule has 4 rings (SSSR count). The van der Waals surface area contributed by atoms with Crippen molar-refractivity contribution in [2.45, 2.75) is 71.4 Å². The van der Waals surface area contributed by atoms with Gasteiger partial charge in [0.15, 0.2) is 0 Å². The largest absolute Gasteiger partial charge is 0.389 e. The van der Waals surface area contributed by atoms with Crippen LogP contribution in [0.15, 0.2) is 12.1 Å².